The van der Waals surface area contributed by atoms with Gasteiger partial charge in [0.15, 0.2) is 0 Å². The van der Waals surface area contributed by atoms with Crippen LogP contribution in [0.25, 0.3) is 0 Å². The zero-order valence-corrected chi connectivity index (χ0v) is 11.3. The van der Waals surface area contributed by atoms with E-state index < -0.39 is 10.2 Å². The van der Waals surface area contributed by atoms with E-state index in [1.54, 1.807) is 0 Å². The van der Waals surface area contributed by atoms with Crippen LogP contribution in [0, 0.1) is 0 Å². The first-order valence-electron chi connectivity index (χ1n) is 5.28. The molecule has 1 N–H and O–H groups in total. The van der Waals surface area contributed by atoms with E-state index in [0.29, 0.717) is 19.4 Å². The zero-order valence-electron chi connectivity index (χ0n) is 8.93. The van der Waals surface area contributed by atoms with E-state index in [1.165, 1.54) is 16.9 Å². The summed E-state index contributed by atoms with van der Waals surface area (Å²) in [5, 5.41) is 8.96. The van der Waals surface area contributed by atoms with Crippen molar-refractivity contribution in [2.45, 2.75) is 29.8 Å². The van der Waals surface area contributed by atoms with Crippen LogP contribution in [0.1, 0.15) is 18.4 Å². The third kappa shape index (κ3) is 2.47. The summed E-state index contributed by atoms with van der Waals surface area (Å²) in [6.45, 7) is 0.578. The van der Waals surface area contributed by atoms with Crippen LogP contribution in [-0.2, 0) is 16.1 Å². The van der Waals surface area contributed by atoms with Crippen molar-refractivity contribution < 1.29 is 14.6 Å². The monoisotopic (exact) mass is 282 g/mol. The summed E-state index contributed by atoms with van der Waals surface area (Å²) in [7, 11) is 0. The quantitative estimate of drug-likeness (QED) is 0.845. The summed E-state index contributed by atoms with van der Waals surface area (Å²) in [5.74, 6) is -0.688. The fraction of sp³-hybridized carbons (Fsp3) is 0.417. The van der Waals surface area contributed by atoms with E-state index in [9.17, 15) is 4.79 Å². The molecule has 1 aliphatic rings. The maximum absolute atomic E-state index is 10.9. The first kappa shape index (κ1) is 11.7. The number of aliphatic carboxylic acids is 1. The molecule has 1 fully saturated rings. The van der Waals surface area contributed by atoms with Gasteiger partial charge in [-0.15, -0.1) is 0 Å². The van der Waals surface area contributed by atoms with Crippen molar-refractivity contribution in [3.05, 3.63) is 35.9 Å². The van der Waals surface area contributed by atoms with Gasteiger partial charge in [0.05, 0.1) is 0 Å². The van der Waals surface area contributed by atoms with Gasteiger partial charge in [-0.3, -0.25) is 0 Å². The predicted molar refractivity (Wildman–Crippen MR) is 63.1 cm³/mol. The number of hydrogen-bond donors (Lipinski definition) is 1. The SMILES string of the molecule is O=C(O)C1([AsH2])CC(OCc2ccccc2)C1. The van der Waals surface area contributed by atoms with Crippen LogP contribution in [0.2, 0.25) is 4.20 Å². The van der Waals surface area contributed by atoms with E-state index in [0.717, 1.165) is 5.56 Å². The Morgan fingerprint density at radius 2 is 2.06 bits per heavy atom. The van der Waals surface area contributed by atoms with Gasteiger partial charge in [0, 0.05) is 0 Å². The third-order valence-electron chi connectivity index (χ3n) is 2.94. The first-order valence-corrected chi connectivity index (χ1v) is 6.49. The van der Waals surface area contributed by atoms with Crippen molar-refractivity contribution in [1.82, 2.24) is 0 Å². The molecule has 3 nitrogen and oxygen atoms in total. The standard InChI is InChI=1S/C12H15AsO3/c13-12(11(14)15)6-10(7-12)16-8-9-4-2-1-3-5-9/h1-5,10H,6-8,13H2,(H,14,15). The van der Waals surface area contributed by atoms with Crippen LogP contribution in [0.15, 0.2) is 30.3 Å². The molecule has 86 valence electrons. The molecule has 0 aliphatic heterocycles. The Labute approximate surface area is 103 Å². The topological polar surface area (TPSA) is 46.5 Å². The third-order valence-corrected chi connectivity index (χ3v) is 4.45. The second kappa shape index (κ2) is 4.60. The Balaban J connectivity index is 1.77. The summed E-state index contributed by atoms with van der Waals surface area (Å²) in [6, 6.07) is 9.95. The van der Waals surface area contributed by atoms with Crippen molar-refractivity contribution in [2.75, 3.05) is 0 Å². The van der Waals surface area contributed by atoms with Gasteiger partial charge in [0.25, 0.3) is 0 Å². The summed E-state index contributed by atoms with van der Waals surface area (Å²) in [4.78, 5) is 10.9. The molecule has 1 aromatic carbocycles. The van der Waals surface area contributed by atoms with Crippen molar-refractivity contribution in [1.29, 1.82) is 0 Å². The van der Waals surface area contributed by atoms with E-state index in [2.05, 4.69) is 0 Å². The molecule has 0 heterocycles. The van der Waals surface area contributed by atoms with E-state index >= 15 is 0 Å². The summed E-state index contributed by atoms with van der Waals surface area (Å²) >= 11 is 1.29. The van der Waals surface area contributed by atoms with Gasteiger partial charge in [0.1, 0.15) is 0 Å². The molecule has 1 unspecified atom stereocenters. The molecule has 1 atom stereocenters. The van der Waals surface area contributed by atoms with Crippen molar-refractivity contribution in [2.24, 2.45) is 0 Å². The van der Waals surface area contributed by atoms with Crippen LogP contribution in [0.3, 0.4) is 0 Å². The Morgan fingerprint density at radius 3 is 2.62 bits per heavy atom. The fourth-order valence-electron chi connectivity index (χ4n) is 1.83. The first-order chi connectivity index (χ1) is 7.60. The number of ether oxygens (including phenoxy) is 1. The number of hydrogen-bond acceptors (Lipinski definition) is 2. The minimum atomic E-state index is -0.688. The van der Waals surface area contributed by atoms with Gasteiger partial charge in [0.2, 0.25) is 0 Å². The fourth-order valence-corrected chi connectivity index (χ4v) is 2.94. The molecule has 0 radical (unpaired) electrons. The number of benzene rings is 1. The van der Waals surface area contributed by atoms with Crippen LogP contribution in [0.5, 0.6) is 0 Å². The molecule has 0 saturated heterocycles. The van der Waals surface area contributed by atoms with Crippen LogP contribution in [0.4, 0.5) is 0 Å². The molecule has 1 saturated carbocycles. The van der Waals surface area contributed by atoms with E-state index in [-0.39, 0.29) is 6.10 Å². The van der Waals surface area contributed by atoms with Gasteiger partial charge >= 0.3 is 103 Å². The molecular formula is C12H15AsO3. The molecule has 16 heavy (non-hydrogen) atoms. The predicted octanol–water partition coefficient (Wildman–Crippen LogP) is 1.24. The summed E-state index contributed by atoms with van der Waals surface area (Å²) < 4.78 is 5.15. The average molecular weight is 282 g/mol. The molecule has 1 aromatic rings. The zero-order chi connectivity index (χ0) is 11.6. The normalized spacial score (nSPS) is 28.4. The van der Waals surface area contributed by atoms with Crippen molar-refractivity contribution >= 4 is 22.8 Å². The molecule has 0 amide bonds. The molecule has 1 aliphatic carbocycles. The maximum atomic E-state index is 10.9. The minimum absolute atomic E-state index is 0.114. The van der Waals surface area contributed by atoms with Crippen LogP contribution in [-0.4, -0.2) is 34.0 Å². The molecular weight excluding hydrogens is 267 g/mol. The van der Waals surface area contributed by atoms with Gasteiger partial charge in [-0.2, -0.15) is 0 Å². The van der Waals surface area contributed by atoms with Crippen molar-refractivity contribution in [3.63, 3.8) is 0 Å². The number of carboxylic acids is 1. The second-order valence-electron chi connectivity index (χ2n) is 4.29. The van der Waals surface area contributed by atoms with Crippen molar-refractivity contribution in [3.8, 4) is 0 Å². The van der Waals surface area contributed by atoms with Gasteiger partial charge < -0.3 is 0 Å². The second-order valence-corrected chi connectivity index (χ2v) is 6.61. The van der Waals surface area contributed by atoms with Gasteiger partial charge in [-0.05, 0) is 0 Å². The molecule has 4 heteroatoms. The Morgan fingerprint density at radius 1 is 1.44 bits per heavy atom. The Hall–Kier alpha value is -0.792. The number of carboxylic acid groups (broad SMARTS) is 1. The number of carbonyl (C=O) groups is 1. The van der Waals surface area contributed by atoms with Crippen LogP contribution < -0.4 is 0 Å². The molecule has 0 spiro atoms. The summed E-state index contributed by atoms with van der Waals surface area (Å²) in [6.07, 6.45) is 1.41. The van der Waals surface area contributed by atoms with Gasteiger partial charge in [-0.1, -0.05) is 0 Å². The van der Waals surface area contributed by atoms with Crippen LogP contribution >= 0.6 is 0 Å². The van der Waals surface area contributed by atoms with Gasteiger partial charge in [-0.25, -0.2) is 0 Å². The van der Waals surface area contributed by atoms with E-state index in [4.69, 9.17) is 9.84 Å². The number of rotatable bonds is 4. The Bertz CT molecular complexity index is 371. The average Bonchev–Trinajstić information content (AvgIpc) is 2.24. The Kier molecular flexibility index (Phi) is 3.36. The molecule has 0 bridgehead atoms. The molecule has 0 aromatic heterocycles. The summed E-state index contributed by atoms with van der Waals surface area (Å²) in [5.41, 5.74) is 1.14. The molecule has 2 rings (SSSR count). The van der Waals surface area contributed by atoms with E-state index in [1.807, 2.05) is 30.3 Å².